The van der Waals surface area contributed by atoms with Crippen LogP contribution < -0.4 is 0 Å². The molecule has 0 aliphatic rings. The fourth-order valence-corrected chi connectivity index (χ4v) is 1.79. The van der Waals surface area contributed by atoms with Gasteiger partial charge in [0, 0.05) is 11.6 Å². The van der Waals surface area contributed by atoms with Gasteiger partial charge in [0.25, 0.3) is 0 Å². The predicted molar refractivity (Wildman–Crippen MR) is 67.8 cm³/mol. The molecule has 0 aliphatic carbocycles. The molecule has 3 N–H and O–H groups in total. The van der Waals surface area contributed by atoms with Crippen molar-refractivity contribution in [2.75, 3.05) is 0 Å². The van der Waals surface area contributed by atoms with Crippen LogP contribution in [0, 0.1) is 11.3 Å². The van der Waals surface area contributed by atoms with Crippen LogP contribution in [-0.2, 0) is 6.42 Å². The quantitative estimate of drug-likeness (QED) is 0.688. The van der Waals surface area contributed by atoms with E-state index in [2.05, 4.69) is 18.8 Å². The third-order valence-corrected chi connectivity index (χ3v) is 2.65. The van der Waals surface area contributed by atoms with E-state index in [1.165, 1.54) is 6.07 Å². The number of nitrogens with zero attached hydrogens (tertiary/aromatic N) is 1. The molecule has 0 amide bonds. The normalized spacial score (nSPS) is 10.8. The zero-order valence-corrected chi connectivity index (χ0v) is 10.6. The van der Waals surface area contributed by atoms with Crippen LogP contribution in [0.1, 0.15) is 44.9 Å². The van der Waals surface area contributed by atoms with Crippen molar-refractivity contribution in [1.82, 2.24) is 4.98 Å². The maximum absolute atomic E-state index is 9.79. The zero-order valence-electron chi connectivity index (χ0n) is 10.6. The van der Waals surface area contributed by atoms with E-state index in [4.69, 9.17) is 5.41 Å². The Morgan fingerprint density at radius 3 is 2.59 bits per heavy atom. The van der Waals surface area contributed by atoms with Crippen molar-refractivity contribution in [3.8, 4) is 11.6 Å². The van der Waals surface area contributed by atoms with Crippen molar-refractivity contribution in [2.24, 2.45) is 5.92 Å². The predicted octanol–water partition coefficient (Wildman–Crippen LogP) is 2.86. The molecule has 1 rings (SSSR count). The van der Waals surface area contributed by atoms with Gasteiger partial charge in [-0.1, -0.05) is 20.3 Å². The Bertz CT molecular complexity index is 414. The number of hydrogen-bond acceptors (Lipinski definition) is 4. The second-order valence-electron chi connectivity index (χ2n) is 4.74. The summed E-state index contributed by atoms with van der Waals surface area (Å²) in [6.07, 6.45) is 2.69. The van der Waals surface area contributed by atoms with Crippen LogP contribution in [-0.4, -0.2) is 20.9 Å². The second-order valence-corrected chi connectivity index (χ2v) is 4.74. The number of nitrogens with one attached hydrogen (secondary N) is 1. The van der Waals surface area contributed by atoms with Crippen LogP contribution in [0.3, 0.4) is 0 Å². The number of hydrogen-bond donors (Lipinski definition) is 3. The summed E-state index contributed by atoms with van der Waals surface area (Å²) in [4.78, 5) is 3.90. The minimum absolute atomic E-state index is 0.0304. The van der Waals surface area contributed by atoms with E-state index < -0.39 is 0 Å². The van der Waals surface area contributed by atoms with Crippen molar-refractivity contribution in [2.45, 2.75) is 40.0 Å². The van der Waals surface area contributed by atoms with Gasteiger partial charge < -0.3 is 15.6 Å². The van der Waals surface area contributed by atoms with Gasteiger partial charge in [0.15, 0.2) is 0 Å². The van der Waals surface area contributed by atoms with Gasteiger partial charge in [0.1, 0.15) is 5.75 Å². The molecule has 0 radical (unpaired) electrons. The summed E-state index contributed by atoms with van der Waals surface area (Å²) in [5.74, 6) is 0.409. The van der Waals surface area contributed by atoms with Gasteiger partial charge in [0.05, 0.1) is 11.4 Å². The summed E-state index contributed by atoms with van der Waals surface area (Å²) >= 11 is 0. The molecule has 1 aromatic rings. The van der Waals surface area contributed by atoms with Crippen LogP contribution in [0.2, 0.25) is 0 Å². The molecule has 0 unspecified atom stereocenters. The highest BCUT2D eigenvalue weighted by Crippen LogP contribution is 2.26. The molecule has 0 aliphatic heterocycles. The Labute approximate surface area is 102 Å². The Balaban J connectivity index is 2.92. The first-order chi connectivity index (χ1) is 7.91. The van der Waals surface area contributed by atoms with E-state index in [1.54, 1.807) is 6.92 Å². The molecule has 0 saturated carbocycles. The molecule has 1 heterocycles. The van der Waals surface area contributed by atoms with Crippen LogP contribution in [0.15, 0.2) is 6.07 Å². The molecule has 17 heavy (non-hydrogen) atoms. The third-order valence-electron chi connectivity index (χ3n) is 2.65. The molecule has 0 aromatic carbocycles. The first-order valence-electron chi connectivity index (χ1n) is 5.89. The van der Waals surface area contributed by atoms with E-state index in [1.807, 2.05) is 0 Å². The van der Waals surface area contributed by atoms with Crippen molar-refractivity contribution < 1.29 is 10.2 Å². The van der Waals surface area contributed by atoms with E-state index in [0.717, 1.165) is 12.8 Å². The second kappa shape index (κ2) is 5.66. The molecule has 4 heteroatoms. The van der Waals surface area contributed by atoms with Gasteiger partial charge in [-0.05, 0) is 25.7 Å². The number of aromatic nitrogens is 1. The van der Waals surface area contributed by atoms with Gasteiger partial charge >= 0.3 is 0 Å². The van der Waals surface area contributed by atoms with E-state index in [9.17, 15) is 10.2 Å². The van der Waals surface area contributed by atoms with Crippen molar-refractivity contribution in [1.29, 1.82) is 5.41 Å². The summed E-state index contributed by atoms with van der Waals surface area (Å²) in [5.41, 5.74) is 1.32. The van der Waals surface area contributed by atoms with Gasteiger partial charge in [-0.25, -0.2) is 4.98 Å². The largest absolute Gasteiger partial charge is 0.507 e. The van der Waals surface area contributed by atoms with Gasteiger partial charge in [-0.15, -0.1) is 0 Å². The molecule has 0 spiro atoms. The maximum Gasteiger partial charge on any atom is 0.215 e. The summed E-state index contributed by atoms with van der Waals surface area (Å²) in [5, 5.41) is 26.7. The molecular formula is C13H20N2O2. The SMILES string of the molecule is CC(=N)c1nc(O)cc(O)c1CCCC(C)C. The molecule has 0 atom stereocenters. The minimum Gasteiger partial charge on any atom is -0.507 e. The molecule has 4 nitrogen and oxygen atoms in total. The molecule has 0 bridgehead atoms. The molecule has 94 valence electrons. The Hall–Kier alpha value is -1.58. The topological polar surface area (TPSA) is 77.2 Å². The fraction of sp³-hybridized carbons (Fsp3) is 0.538. The molecule has 0 saturated heterocycles. The standard InChI is InChI=1S/C13H20N2O2/c1-8(2)5-4-6-10-11(16)7-12(17)15-13(10)9(3)14/h7-8,14H,4-6H2,1-3H3,(H2,15,16,17). The van der Waals surface area contributed by atoms with Crippen LogP contribution in [0.25, 0.3) is 0 Å². The van der Waals surface area contributed by atoms with Crippen molar-refractivity contribution in [3.05, 3.63) is 17.3 Å². The monoisotopic (exact) mass is 236 g/mol. The lowest BCUT2D eigenvalue weighted by atomic mass is 9.99. The highest BCUT2D eigenvalue weighted by Gasteiger charge is 2.13. The van der Waals surface area contributed by atoms with E-state index >= 15 is 0 Å². The fourth-order valence-electron chi connectivity index (χ4n) is 1.79. The first-order valence-corrected chi connectivity index (χ1v) is 5.89. The Morgan fingerprint density at radius 2 is 2.06 bits per heavy atom. The minimum atomic E-state index is -0.239. The Morgan fingerprint density at radius 1 is 1.41 bits per heavy atom. The summed E-state index contributed by atoms with van der Waals surface area (Å²) in [6, 6.07) is 1.23. The Kier molecular flexibility index (Phi) is 4.49. The summed E-state index contributed by atoms with van der Waals surface area (Å²) in [6.45, 7) is 5.91. The summed E-state index contributed by atoms with van der Waals surface area (Å²) in [7, 11) is 0. The maximum atomic E-state index is 9.79. The average Bonchev–Trinajstić information content (AvgIpc) is 2.19. The number of pyridine rings is 1. The highest BCUT2D eigenvalue weighted by atomic mass is 16.3. The first kappa shape index (κ1) is 13.5. The highest BCUT2D eigenvalue weighted by molar-refractivity contribution is 5.96. The van der Waals surface area contributed by atoms with Gasteiger partial charge in [-0.2, -0.15) is 0 Å². The van der Waals surface area contributed by atoms with Crippen LogP contribution in [0.4, 0.5) is 0 Å². The number of aromatic hydroxyl groups is 2. The van der Waals surface area contributed by atoms with Crippen LogP contribution >= 0.6 is 0 Å². The summed E-state index contributed by atoms with van der Waals surface area (Å²) < 4.78 is 0. The average molecular weight is 236 g/mol. The lowest BCUT2D eigenvalue weighted by molar-refractivity contribution is 0.429. The molecule has 0 fully saturated rings. The van der Waals surface area contributed by atoms with Crippen molar-refractivity contribution in [3.63, 3.8) is 0 Å². The van der Waals surface area contributed by atoms with Crippen molar-refractivity contribution >= 4 is 5.71 Å². The lowest BCUT2D eigenvalue weighted by Crippen LogP contribution is -2.04. The lowest BCUT2D eigenvalue weighted by Gasteiger charge is -2.11. The van der Waals surface area contributed by atoms with Crippen LogP contribution in [0.5, 0.6) is 11.6 Å². The van der Waals surface area contributed by atoms with E-state index in [-0.39, 0.29) is 17.3 Å². The van der Waals surface area contributed by atoms with Gasteiger partial charge in [-0.3, -0.25) is 0 Å². The molecular weight excluding hydrogens is 216 g/mol. The number of rotatable bonds is 5. The molecule has 1 aromatic heterocycles. The smallest absolute Gasteiger partial charge is 0.215 e. The van der Waals surface area contributed by atoms with Gasteiger partial charge in [0.2, 0.25) is 5.88 Å². The van der Waals surface area contributed by atoms with E-state index in [0.29, 0.717) is 23.6 Å². The zero-order chi connectivity index (χ0) is 13.0. The third kappa shape index (κ3) is 3.73.